The van der Waals surface area contributed by atoms with E-state index >= 15 is 0 Å². The van der Waals surface area contributed by atoms with Crippen LogP contribution in [0, 0.1) is 12.1 Å². The quantitative estimate of drug-likeness (QED) is 0.888. The lowest BCUT2D eigenvalue weighted by Gasteiger charge is -2.01. The normalized spacial score (nSPS) is 10.7. The molecule has 0 amide bonds. The third kappa shape index (κ3) is 2.41. The van der Waals surface area contributed by atoms with Gasteiger partial charge in [0, 0.05) is 23.2 Å². The molecule has 0 saturated heterocycles. The Bertz CT molecular complexity index is 475. The van der Waals surface area contributed by atoms with Crippen molar-refractivity contribution in [3.63, 3.8) is 0 Å². The number of hydrogen-bond donors (Lipinski definition) is 1. The summed E-state index contributed by atoms with van der Waals surface area (Å²) in [5.41, 5.74) is 1.11. The van der Waals surface area contributed by atoms with Crippen LogP contribution in [0.4, 0.5) is 10.2 Å². The third-order valence-electron chi connectivity index (χ3n) is 2.33. The molecule has 2 rings (SSSR count). The summed E-state index contributed by atoms with van der Waals surface area (Å²) < 4.78 is 14.6. The zero-order chi connectivity index (χ0) is 11.5. The molecule has 0 aliphatic rings. The van der Waals surface area contributed by atoms with Gasteiger partial charge in [0.15, 0.2) is 10.9 Å². The van der Waals surface area contributed by atoms with E-state index in [0.717, 1.165) is 34.1 Å². The largest absolute Gasteiger partial charge is 0.363 e. The number of nitrogens with one attached hydrogen (secondary N) is 1. The molecule has 16 heavy (non-hydrogen) atoms. The number of nitrogens with zero attached hydrogens (tertiary/aromatic N) is 2. The molecule has 86 valence electrons. The Labute approximate surface area is 97.9 Å². The molecule has 0 unspecified atom stereocenters. The molecule has 0 radical (unpaired) electrons. The summed E-state index contributed by atoms with van der Waals surface area (Å²) in [6, 6.07) is 3.28. The van der Waals surface area contributed by atoms with Gasteiger partial charge in [-0.15, -0.1) is 11.3 Å². The van der Waals surface area contributed by atoms with Crippen LogP contribution >= 0.6 is 11.3 Å². The Morgan fingerprint density at radius 1 is 1.50 bits per heavy atom. The van der Waals surface area contributed by atoms with Crippen molar-refractivity contribution in [2.75, 3.05) is 5.32 Å². The zero-order valence-electron chi connectivity index (χ0n) is 9.33. The first-order valence-corrected chi connectivity index (χ1v) is 6.03. The maximum atomic E-state index is 12.8. The number of hydrogen-bond acceptors (Lipinski definition) is 3. The van der Waals surface area contributed by atoms with Gasteiger partial charge in [0.05, 0.1) is 6.54 Å². The fraction of sp³-hybridized carbons (Fsp3) is 0.364. The fourth-order valence-electron chi connectivity index (χ4n) is 1.48. The SMILES string of the molecule is CCn1cc(C)c(NCc2ccc(F)s2)n1. The highest BCUT2D eigenvalue weighted by atomic mass is 32.1. The second-order valence-electron chi connectivity index (χ2n) is 3.58. The average molecular weight is 239 g/mol. The highest BCUT2D eigenvalue weighted by molar-refractivity contribution is 7.10. The predicted molar refractivity (Wildman–Crippen MR) is 64.2 cm³/mol. The second kappa shape index (κ2) is 4.65. The third-order valence-corrected chi connectivity index (χ3v) is 3.20. The number of aryl methyl sites for hydroxylation is 2. The molecule has 0 fully saturated rings. The van der Waals surface area contributed by atoms with Crippen LogP contribution in [0.5, 0.6) is 0 Å². The van der Waals surface area contributed by atoms with E-state index in [2.05, 4.69) is 10.4 Å². The predicted octanol–water partition coefficient (Wildman–Crippen LogP) is 3.02. The lowest BCUT2D eigenvalue weighted by molar-refractivity contribution is 0.657. The molecule has 0 bridgehead atoms. The van der Waals surface area contributed by atoms with E-state index < -0.39 is 0 Å². The Morgan fingerprint density at radius 2 is 2.31 bits per heavy atom. The molecule has 0 saturated carbocycles. The van der Waals surface area contributed by atoms with Gasteiger partial charge in [-0.1, -0.05) is 0 Å². The van der Waals surface area contributed by atoms with Crippen LogP contribution in [0.1, 0.15) is 17.4 Å². The van der Waals surface area contributed by atoms with Crippen molar-refractivity contribution in [3.8, 4) is 0 Å². The highest BCUT2D eigenvalue weighted by Gasteiger charge is 2.04. The Balaban J connectivity index is 2.01. The average Bonchev–Trinajstić information content (AvgIpc) is 2.82. The molecular weight excluding hydrogens is 225 g/mol. The highest BCUT2D eigenvalue weighted by Crippen LogP contribution is 2.17. The molecule has 2 aromatic heterocycles. The number of rotatable bonds is 4. The molecule has 3 nitrogen and oxygen atoms in total. The van der Waals surface area contributed by atoms with E-state index in [4.69, 9.17) is 0 Å². The van der Waals surface area contributed by atoms with E-state index in [9.17, 15) is 4.39 Å². The van der Waals surface area contributed by atoms with Gasteiger partial charge >= 0.3 is 0 Å². The van der Waals surface area contributed by atoms with E-state index in [1.165, 1.54) is 6.07 Å². The van der Waals surface area contributed by atoms with Gasteiger partial charge in [-0.05, 0) is 26.0 Å². The minimum atomic E-state index is -0.146. The van der Waals surface area contributed by atoms with Crippen molar-refractivity contribution in [1.82, 2.24) is 9.78 Å². The molecule has 0 aromatic carbocycles. The van der Waals surface area contributed by atoms with Gasteiger partial charge in [-0.25, -0.2) is 0 Å². The van der Waals surface area contributed by atoms with E-state index in [0.29, 0.717) is 6.54 Å². The number of thiophene rings is 1. The van der Waals surface area contributed by atoms with Gasteiger partial charge in [-0.3, -0.25) is 4.68 Å². The Morgan fingerprint density at radius 3 is 2.88 bits per heavy atom. The topological polar surface area (TPSA) is 29.9 Å². The fourth-order valence-corrected chi connectivity index (χ4v) is 2.14. The summed E-state index contributed by atoms with van der Waals surface area (Å²) in [5, 5.41) is 7.43. The molecule has 2 heterocycles. The smallest absolute Gasteiger partial charge is 0.176 e. The van der Waals surface area contributed by atoms with Crippen LogP contribution in [-0.4, -0.2) is 9.78 Å². The van der Waals surface area contributed by atoms with Crippen molar-refractivity contribution in [1.29, 1.82) is 0 Å². The minimum absolute atomic E-state index is 0.146. The molecule has 5 heteroatoms. The van der Waals surface area contributed by atoms with Gasteiger partial charge in [0.25, 0.3) is 0 Å². The van der Waals surface area contributed by atoms with E-state index in [1.807, 2.05) is 24.7 Å². The molecule has 2 aromatic rings. The summed E-state index contributed by atoms with van der Waals surface area (Å²) in [4.78, 5) is 0.975. The number of halogens is 1. The van der Waals surface area contributed by atoms with Gasteiger partial charge < -0.3 is 5.32 Å². The maximum Gasteiger partial charge on any atom is 0.176 e. The van der Waals surface area contributed by atoms with Crippen molar-refractivity contribution < 1.29 is 4.39 Å². The van der Waals surface area contributed by atoms with Crippen LogP contribution in [0.2, 0.25) is 0 Å². The van der Waals surface area contributed by atoms with Crippen LogP contribution < -0.4 is 5.32 Å². The van der Waals surface area contributed by atoms with Crippen molar-refractivity contribution in [3.05, 3.63) is 33.9 Å². The van der Waals surface area contributed by atoms with Crippen LogP contribution in [-0.2, 0) is 13.1 Å². The van der Waals surface area contributed by atoms with Crippen molar-refractivity contribution >= 4 is 17.2 Å². The molecule has 1 N–H and O–H groups in total. The summed E-state index contributed by atoms with van der Waals surface area (Å²) >= 11 is 1.16. The monoisotopic (exact) mass is 239 g/mol. The molecule has 0 aliphatic heterocycles. The van der Waals surface area contributed by atoms with Gasteiger partial charge in [0.1, 0.15) is 0 Å². The van der Waals surface area contributed by atoms with Crippen LogP contribution in [0.25, 0.3) is 0 Å². The first kappa shape index (κ1) is 11.1. The molecular formula is C11H14FN3S. The van der Waals surface area contributed by atoms with Crippen LogP contribution in [0.15, 0.2) is 18.3 Å². The lowest BCUT2D eigenvalue weighted by atomic mass is 10.3. The van der Waals surface area contributed by atoms with Gasteiger partial charge in [0.2, 0.25) is 0 Å². The first-order chi connectivity index (χ1) is 7.69. The first-order valence-electron chi connectivity index (χ1n) is 5.21. The Kier molecular flexibility index (Phi) is 3.24. The zero-order valence-corrected chi connectivity index (χ0v) is 10.1. The minimum Gasteiger partial charge on any atom is -0.363 e. The summed E-state index contributed by atoms with van der Waals surface area (Å²) in [6.07, 6.45) is 2.00. The summed E-state index contributed by atoms with van der Waals surface area (Å²) in [7, 11) is 0. The Hall–Kier alpha value is -1.36. The maximum absolute atomic E-state index is 12.8. The number of aromatic nitrogens is 2. The standard InChI is InChI=1S/C11H14FN3S/c1-3-15-7-8(2)11(14-15)13-6-9-4-5-10(12)16-9/h4-5,7H,3,6H2,1-2H3,(H,13,14). The van der Waals surface area contributed by atoms with E-state index in [1.54, 1.807) is 6.07 Å². The summed E-state index contributed by atoms with van der Waals surface area (Å²) in [5.74, 6) is 0.871. The second-order valence-corrected chi connectivity index (χ2v) is 4.69. The summed E-state index contributed by atoms with van der Waals surface area (Å²) in [6.45, 7) is 5.54. The van der Waals surface area contributed by atoms with E-state index in [-0.39, 0.29) is 5.13 Å². The van der Waals surface area contributed by atoms with Gasteiger partial charge in [-0.2, -0.15) is 9.49 Å². The van der Waals surface area contributed by atoms with Crippen LogP contribution in [0.3, 0.4) is 0 Å². The molecule has 0 aliphatic carbocycles. The molecule has 0 atom stereocenters. The molecule has 0 spiro atoms. The number of anilines is 1. The lowest BCUT2D eigenvalue weighted by Crippen LogP contribution is -2.01. The van der Waals surface area contributed by atoms with Crippen molar-refractivity contribution in [2.24, 2.45) is 0 Å². The van der Waals surface area contributed by atoms with Crippen molar-refractivity contribution in [2.45, 2.75) is 26.9 Å².